The summed E-state index contributed by atoms with van der Waals surface area (Å²) in [7, 11) is 0. The highest BCUT2D eigenvalue weighted by Gasteiger charge is 2.48. The molecule has 0 spiro atoms. The number of rotatable bonds is 5. The molecule has 0 radical (unpaired) electrons. The summed E-state index contributed by atoms with van der Waals surface area (Å²) in [5, 5.41) is 9.76. The van der Waals surface area contributed by atoms with Crippen LogP contribution in [0.1, 0.15) is 97.3 Å². The van der Waals surface area contributed by atoms with Gasteiger partial charge in [0.25, 0.3) is 0 Å². The number of hydrogen-bond acceptors (Lipinski definition) is 1. The van der Waals surface area contributed by atoms with Crippen molar-refractivity contribution in [1.29, 1.82) is 5.26 Å². The summed E-state index contributed by atoms with van der Waals surface area (Å²) >= 11 is 0. The van der Waals surface area contributed by atoms with Crippen LogP contribution in [0.15, 0.2) is 0 Å². The molecule has 0 aromatic carbocycles. The van der Waals surface area contributed by atoms with Gasteiger partial charge in [-0.15, -0.1) is 0 Å². The van der Waals surface area contributed by atoms with E-state index in [-0.39, 0.29) is 5.41 Å². The third kappa shape index (κ3) is 3.62. The summed E-state index contributed by atoms with van der Waals surface area (Å²) in [6, 6.07) is 2.75. The second-order valence-electron chi connectivity index (χ2n) is 9.13. The maximum absolute atomic E-state index is 9.76. The van der Waals surface area contributed by atoms with Gasteiger partial charge in [-0.3, -0.25) is 0 Å². The molecule has 0 bridgehead atoms. The fourth-order valence-corrected chi connectivity index (χ4v) is 6.64. The van der Waals surface area contributed by atoms with Crippen LogP contribution in [0.2, 0.25) is 0 Å². The number of nitriles is 1. The Hall–Kier alpha value is -0.510. The molecule has 0 saturated heterocycles. The molecule has 3 rings (SSSR count). The predicted octanol–water partition coefficient (Wildman–Crippen LogP) is 6.73. The van der Waals surface area contributed by atoms with Gasteiger partial charge in [0, 0.05) is 0 Å². The fraction of sp³-hybridized carbons (Fsp3) is 0.955. The summed E-state index contributed by atoms with van der Waals surface area (Å²) in [4.78, 5) is 0. The number of fused-ring (bicyclic) bond motifs is 3. The van der Waals surface area contributed by atoms with E-state index in [0.717, 1.165) is 36.0 Å². The Morgan fingerprint density at radius 3 is 2.48 bits per heavy atom. The van der Waals surface area contributed by atoms with Crippen molar-refractivity contribution >= 4 is 0 Å². The largest absolute Gasteiger partial charge is 0.198 e. The first-order valence-electron chi connectivity index (χ1n) is 10.6. The molecular formula is C22H37N. The highest BCUT2D eigenvalue weighted by molar-refractivity contribution is 5.06. The third-order valence-corrected chi connectivity index (χ3v) is 7.75. The molecule has 3 aliphatic carbocycles. The first-order chi connectivity index (χ1) is 11.2. The van der Waals surface area contributed by atoms with Gasteiger partial charge < -0.3 is 0 Å². The smallest absolute Gasteiger partial charge is 0.0689 e. The van der Waals surface area contributed by atoms with Gasteiger partial charge in [0.15, 0.2) is 0 Å². The van der Waals surface area contributed by atoms with Crippen LogP contribution in [-0.2, 0) is 0 Å². The Bertz CT molecular complexity index is 422. The van der Waals surface area contributed by atoms with Crippen molar-refractivity contribution in [3.8, 4) is 6.07 Å². The van der Waals surface area contributed by atoms with Crippen LogP contribution in [0.5, 0.6) is 0 Å². The van der Waals surface area contributed by atoms with Crippen LogP contribution in [0.3, 0.4) is 0 Å². The fourth-order valence-electron chi connectivity index (χ4n) is 6.64. The second-order valence-corrected chi connectivity index (χ2v) is 9.13. The highest BCUT2D eigenvalue weighted by Crippen LogP contribution is 2.56. The number of hydrogen-bond donors (Lipinski definition) is 0. The minimum absolute atomic E-state index is 0.0427. The summed E-state index contributed by atoms with van der Waals surface area (Å²) in [6.45, 7) is 4.58. The monoisotopic (exact) mass is 315 g/mol. The molecule has 0 aromatic rings. The van der Waals surface area contributed by atoms with Crippen molar-refractivity contribution in [2.75, 3.05) is 0 Å². The molecule has 3 saturated carbocycles. The zero-order valence-electron chi connectivity index (χ0n) is 15.5. The van der Waals surface area contributed by atoms with Crippen LogP contribution in [0.25, 0.3) is 0 Å². The molecule has 0 aromatic heterocycles. The van der Waals surface area contributed by atoms with Crippen molar-refractivity contribution in [3.05, 3.63) is 0 Å². The van der Waals surface area contributed by atoms with E-state index >= 15 is 0 Å². The normalized spacial score (nSPS) is 43.3. The van der Waals surface area contributed by atoms with E-state index in [4.69, 9.17) is 0 Å². The minimum atomic E-state index is 0.0427. The lowest BCUT2D eigenvalue weighted by molar-refractivity contribution is -0.0178. The molecule has 1 nitrogen and oxygen atoms in total. The molecule has 0 aliphatic heterocycles. The molecule has 3 aliphatic rings. The molecule has 0 heterocycles. The van der Waals surface area contributed by atoms with Crippen molar-refractivity contribution in [3.63, 3.8) is 0 Å². The lowest BCUT2D eigenvalue weighted by atomic mass is 9.52. The lowest BCUT2D eigenvalue weighted by Gasteiger charge is -2.52. The predicted molar refractivity (Wildman–Crippen MR) is 96.9 cm³/mol. The van der Waals surface area contributed by atoms with E-state index in [1.807, 2.05) is 0 Å². The van der Waals surface area contributed by atoms with Crippen molar-refractivity contribution in [1.82, 2.24) is 0 Å². The zero-order chi connectivity index (χ0) is 16.3. The maximum Gasteiger partial charge on any atom is 0.0689 e. The standard InChI is InChI=1S/C22H37N/c1-3-5-6-17-7-10-20-18(14-17)8-9-19-15-22(16-23,12-4-2)13-11-21(19)20/h17-21H,3-15H2,1-2H3. The van der Waals surface area contributed by atoms with E-state index in [0.29, 0.717) is 0 Å². The van der Waals surface area contributed by atoms with Crippen molar-refractivity contribution in [2.45, 2.75) is 97.3 Å². The van der Waals surface area contributed by atoms with Gasteiger partial charge in [0.05, 0.1) is 11.5 Å². The van der Waals surface area contributed by atoms with E-state index in [1.54, 1.807) is 0 Å². The van der Waals surface area contributed by atoms with Crippen LogP contribution in [0, 0.1) is 46.3 Å². The van der Waals surface area contributed by atoms with Gasteiger partial charge >= 0.3 is 0 Å². The molecule has 130 valence electrons. The molecule has 6 unspecified atom stereocenters. The molecule has 6 atom stereocenters. The van der Waals surface area contributed by atoms with E-state index < -0.39 is 0 Å². The lowest BCUT2D eigenvalue weighted by Crippen LogP contribution is -2.44. The number of unbranched alkanes of at least 4 members (excludes halogenated alkanes) is 1. The first-order valence-corrected chi connectivity index (χ1v) is 10.6. The summed E-state index contributed by atoms with van der Waals surface area (Å²) in [5.74, 6) is 4.94. The van der Waals surface area contributed by atoms with Gasteiger partial charge in [-0.2, -0.15) is 5.26 Å². The molecule has 3 fully saturated rings. The average Bonchev–Trinajstić information content (AvgIpc) is 2.59. The van der Waals surface area contributed by atoms with Crippen LogP contribution >= 0.6 is 0 Å². The molecular weight excluding hydrogens is 278 g/mol. The summed E-state index contributed by atoms with van der Waals surface area (Å²) < 4.78 is 0. The Morgan fingerprint density at radius 2 is 1.74 bits per heavy atom. The maximum atomic E-state index is 9.76. The van der Waals surface area contributed by atoms with Gasteiger partial charge in [-0.05, 0) is 81.0 Å². The topological polar surface area (TPSA) is 23.8 Å². The second kappa shape index (κ2) is 7.58. The minimum Gasteiger partial charge on any atom is -0.198 e. The summed E-state index contributed by atoms with van der Waals surface area (Å²) in [5.41, 5.74) is 0.0427. The molecule has 0 N–H and O–H groups in total. The van der Waals surface area contributed by atoms with Crippen LogP contribution < -0.4 is 0 Å². The Kier molecular flexibility index (Phi) is 5.71. The average molecular weight is 316 g/mol. The molecule has 0 amide bonds. The number of nitrogens with zero attached hydrogens (tertiary/aromatic N) is 1. The van der Waals surface area contributed by atoms with E-state index in [1.165, 1.54) is 77.0 Å². The summed E-state index contributed by atoms with van der Waals surface area (Å²) in [6.07, 6.45) is 17.8. The highest BCUT2D eigenvalue weighted by atomic mass is 14.5. The van der Waals surface area contributed by atoms with E-state index in [9.17, 15) is 5.26 Å². The zero-order valence-corrected chi connectivity index (χ0v) is 15.5. The SMILES string of the molecule is CCCCC1CCC2C(CCC3CC(C#N)(CCC)CCC32)C1. The van der Waals surface area contributed by atoms with Crippen molar-refractivity contribution < 1.29 is 0 Å². The van der Waals surface area contributed by atoms with E-state index in [2.05, 4.69) is 19.9 Å². The Balaban J connectivity index is 1.61. The first kappa shape index (κ1) is 17.3. The Morgan fingerprint density at radius 1 is 0.957 bits per heavy atom. The molecule has 1 heteroatoms. The van der Waals surface area contributed by atoms with Gasteiger partial charge in [-0.1, -0.05) is 46.0 Å². The quantitative estimate of drug-likeness (QED) is 0.551. The Labute approximate surface area is 144 Å². The van der Waals surface area contributed by atoms with Crippen LogP contribution in [-0.4, -0.2) is 0 Å². The van der Waals surface area contributed by atoms with Gasteiger partial charge in [0.1, 0.15) is 0 Å². The third-order valence-electron chi connectivity index (χ3n) is 7.75. The van der Waals surface area contributed by atoms with Crippen LogP contribution in [0.4, 0.5) is 0 Å². The van der Waals surface area contributed by atoms with Crippen molar-refractivity contribution in [2.24, 2.45) is 35.0 Å². The molecule has 23 heavy (non-hydrogen) atoms. The van der Waals surface area contributed by atoms with Gasteiger partial charge in [0.2, 0.25) is 0 Å². The van der Waals surface area contributed by atoms with Gasteiger partial charge in [-0.25, -0.2) is 0 Å².